The summed E-state index contributed by atoms with van der Waals surface area (Å²) in [5, 5.41) is 13.5. The van der Waals surface area contributed by atoms with Gasteiger partial charge >= 0.3 is 6.03 Å². The number of urea groups is 1. The highest BCUT2D eigenvalue weighted by Crippen LogP contribution is 2.53. The standard InChI is InChI=1S/C24H35ClN4O3/c1-18-16-29(21(17-30)5-11-27-13-9-24(7-8-24)10-14-27)22(31)6-12-28(18)23(32)26-20-4-2-3-19(25)15-20/h2-4,15,18,21,30H,5-14,16-17H2,1H3,(H,26,32). The van der Waals surface area contributed by atoms with E-state index < -0.39 is 0 Å². The molecule has 1 aliphatic carbocycles. The molecule has 1 aromatic carbocycles. The lowest BCUT2D eigenvalue weighted by atomic mass is 9.93. The average molecular weight is 463 g/mol. The van der Waals surface area contributed by atoms with E-state index in [1.807, 2.05) is 6.92 Å². The molecule has 0 radical (unpaired) electrons. The van der Waals surface area contributed by atoms with E-state index in [1.165, 1.54) is 25.7 Å². The molecule has 176 valence electrons. The van der Waals surface area contributed by atoms with E-state index >= 15 is 0 Å². The summed E-state index contributed by atoms with van der Waals surface area (Å²) in [6.45, 7) is 5.84. The third kappa shape index (κ3) is 5.56. The number of carbonyl (C=O) groups excluding carboxylic acids is 2. The van der Waals surface area contributed by atoms with Crippen molar-refractivity contribution in [1.82, 2.24) is 14.7 Å². The van der Waals surface area contributed by atoms with Crippen molar-refractivity contribution >= 4 is 29.2 Å². The number of rotatable bonds is 6. The lowest BCUT2D eigenvalue weighted by Crippen LogP contribution is -2.49. The molecule has 8 heteroatoms. The van der Waals surface area contributed by atoms with Gasteiger partial charge in [-0.25, -0.2) is 4.79 Å². The minimum atomic E-state index is -0.239. The lowest BCUT2D eigenvalue weighted by Gasteiger charge is -2.36. The van der Waals surface area contributed by atoms with Crippen molar-refractivity contribution in [2.75, 3.05) is 44.6 Å². The lowest BCUT2D eigenvalue weighted by molar-refractivity contribution is -0.134. The smallest absolute Gasteiger partial charge is 0.322 e. The van der Waals surface area contributed by atoms with Gasteiger partial charge in [-0.2, -0.15) is 0 Å². The monoisotopic (exact) mass is 462 g/mol. The Hall–Kier alpha value is -1.83. The number of amides is 3. The van der Waals surface area contributed by atoms with Crippen LogP contribution in [0, 0.1) is 5.41 Å². The minimum Gasteiger partial charge on any atom is -0.394 e. The molecule has 2 N–H and O–H groups in total. The molecule has 7 nitrogen and oxygen atoms in total. The van der Waals surface area contributed by atoms with Crippen LogP contribution >= 0.6 is 11.6 Å². The topological polar surface area (TPSA) is 76.1 Å². The highest BCUT2D eigenvalue weighted by Gasteiger charge is 2.44. The van der Waals surface area contributed by atoms with E-state index in [0.717, 1.165) is 26.1 Å². The van der Waals surface area contributed by atoms with Gasteiger partial charge in [0.25, 0.3) is 0 Å². The van der Waals surface area contributed by atoms with Crippen LogP contribution in [-0.2, 0) is 4.79 Å². The first kappa shape index (κ1) is 23.3. The molecule has 1 spiro atoms. The molecule has 2 atom stereocenters. The highest BCUT2D eigenvalue weighted by atomic mass is 35.5. The van der Waals surface area contributed by atoms with Gasteiger partial charge in [0.1, 0.15) is 0 Å². The number of aliphatic hydroxyl groups excluding tert-OH is 1. The molecule has 32 heavy (non-hydrogen) atoms. The molecular weight excluding hydrogens is 428 g/mol. The van der Waals surface area contributed by atoms with Gasteiger partial charge in [0, 0.05) is 42.8 Å². The Morgan fingerprint density at radius 1 is 1.25 bits per heavy atom. The van der Waals surface area contributed by atoms with Crippen LogP contribution in [0.25, 0.3) is 0 Å². The molecule has 2 heterocycles. The van der Waals surface area contributed by atoms with E-state index in [2.05, 4.69) is 10.2 Å². The second kappa shape index (κ2) is 9.98. The van der Waals surface area contributed by atoms with Gasteiger partial charge < -0.3 is 25.1 Å². The van der Waals surface area contributed by atoms with Gasteiger partial charge in [0.2, 0.25) is 5.91 Å². The number of halogens is 1. The van der Waals surface area contributed by atoms with Gasteiger partial charge in [-0.1, -0.05) is 17.7 Å². The number of hydrogen-bond acceptors (Lipinski definition) is 4. The Bertz CT molecular complexity index is 821. The second-order valence-corrected chi connectivity index (χ2v) is 10.2. The molecule has 0 aromatic heterocycles. The van der Waals surface area contributed by atoms with Crippen molar-refractivity contribution in [2.24, 2.45) is 5.41 Å². The largest absolute Gasteiger partial charge is 0.394 e. The van der Waals surface area contributed by atoms with Crippen molar-refractivity contribution in [1.29, 1.82) is 0 Å². The molecule has 2 unspecified atom stereocenters. The molecule has 2 aliphatic heterocycles. The molecule has 2 saturated heterocycles. The van der Waals surface area contributed by atoms with Gasteiger partial charge in [0.05, 0.1) is 12.6 Å². The molecule has 4 rings (SSSR count). The Morgan fingerprint density at radius 3 is 2.66 bits per heavy atom. The molecular formula is C24H35ClN4O3. The number of carbonyl (C=O) groups is 2. The van der Waals surface area contributed by atoms with Crippen molar-refractivity contribution in [2.45, 2.75) is 57.5 Å². The fourth-order valence-corrected chi connectivity index (χ4v) is 5.28. The van der Waals surface area contributed by atoms with Crippen LogP contribution < -0.4 is 5.32 Å². The number of anilines is 1. The third-order valence-corrected chi connectivity index (χ3v) is 7.76. The normalized spacial score (nSPS) is 24.3. The maximum absolute atomic E-state index is 12.9. The zero-order valence-corrected chi connectivity index (χ0v) is 19.7. The van der Waals surface area contributed by atoms with Crippen LogP contribution in [-0.4, -0.2) is 83.2 Å². The molecule has 3 aliphatic rings. The van der Waals surface area contributed by atoms with Crippen LogP contribution in [0.4, 0.5) is 10.5 Å². The summed E-state index contributed by atoms with van der Waals surface area (Å²) < 4.78 is 0. The van der Waals surface area contributed by atoms with Gasteiger partial charge in [-0.3, -0.25) is 4.79 Å². The number of nitrogens with zero attached hydrogens (tertiary/aromatic N) is 3. The Labute approximate surface area is 195 Å². The quantitative estimate of drug-likeness (QED) is 0.679. The SMILES string of the molecule is CC1CN(C(CO)CCN2CCC3(CC2)CC3)C(=O)CCN1C(=O)Nc1cccc(Cl)c1. The molecule has 0 bridgehead atoms. The molecule has 1 saturated carbocycles. The zero-order valence-electron chi connectivity index (χ0n) is 18.9. The van der Waals surface area contributed by atoms with E-state index in [0.29, 0.717) is 29.2 Å². The molecule has 1 aromatic rings. The first-order chi connectivity index (χ1) is 15.4. The van der Waals surface area contributed by atoms with E-state index in [4.69, 9.17) is 11.6 Å². The predicted molar refractivity (Wildman–Crippen MR) is 126 cm³/mol. The summed E-state index contributed by atoms with van der Waals surface area (Å²) in [5.41, 5.74) is 1.28. The average Bonchev–Trinajstić information content (AvgIpc) is 3.55. The molecule has 3 fully saturated rings. The Morgan fingerprint density at radius 2 is 2.00 bits per heavy atom. The second-order valence-electron chi connectivity index (χ2n) is 9.75. The number of aliphatic hydroxyl groups is 1. The third-order valence-electron chi connectivity index (χ3n) is 7.52. The fourth-order valence-electron chi connectivity index (χ4n) is 5.09. The molecule has 3 amide bonds. The Kier molecular flexibility index (Phi) is 7.27. The summed E-state index contributed by atoms with van der Waals surface area (Å²) in [5.74, 6) is 0.00420. The fraction of sp³-hybridized carbons (Fsp3) is 0.667. The number of nitrogens with one attached hydrogen (secondary N) is 1. The van der Waals surface area contributed by atoms with Crippen LogP contribution in [0.3, 0.4) is 0 Å². The first-order valence-corrected chi connectivity index (χ1v) is 12.2. The van der Waals surface area contributed by atoms with Crippen molar-refractivity contribution in [3.63, 3.8) is 0 Å². The highest BCUT2D eigenvalue weighted by molar-refractivity contribution is 6.30. The number of benzene rings is 1. The van der Waals surface area contributed by atoms with Gasteiger partial charge in [0.15, 0.2) is 0 Å². The first-order valence-electron chi connectivity index (χ1n) is 11.8. The van der Waals surface area contributed by atoms with Crippen molar-refractivity contribution in [3.8, 4) is 0 Å². The number of piperidine rings is 1. The number of hydrogen-bond donors (Lipinski definition) is 2. The van der Waals surface area contributed by atoms with E-state index in [-0.39, 0.29) is 37.0 Å². The summed E-state index contributed by atoms with van der Waals surface area (Å²) in [7, 11) is 0. The van der Waals surface area contributed by atoms with Crippen molar-refractivity contribution < 1.29 is 14.7 Å². The van der Waals surface area contributed by atoms with Crippen molar-refractivity contribution in [3.05, 3.63) is 29.3 Å². The Balaban J connectivity index is 1.32. The van der Waals surface area contributed by atoms with E-state index in [9.17, 15) is 14.7 Å². The summed E-state index contributed by atoms with van der Waals surface area (Å²) >= 11 is 6.02. The van der Waals surface area contributed by atoms with E-state index in [1.54, 1.807) is 34.1 Å². The van der Waals surface area contributed by atoms with Crippen LogP contribution in [0.5, 0.6) is 0 Å². The van der Waals surface area contributed by atoms with Crippen LogP contribution in [0.15, 0.2) is 24.3 Å². The maximum Gasteiger partial charge on any atom is 0.322 e. The maximum atomic E-state index is 12.9. The summed E-state index contributed by atoms with van der Waals surface area (Å²) in [6, 6.07) is 6.43. The minimum absolute atomic E-state index is 0.00420. The zero-order chi connectivity index (χ0) is 22.7. The van der Waals surface area contributed by atoms with Gasteiger partial charge in [-0.05, 0) is 75.7 Å². The van der Waals surface area contributed by atoms with Gasteiger partial charge in [-0.15, -0.1) is 0 Å². The summed E-state index contributed by atoms with van der Waals surface area (Å²) in [4.78, 5) is 31.7. The number of likely N-dealkylation sites (tertiary alicyclic amines) is 1. The summed E-state index contributed by atoms with van der Waals surface area (Å²) in [6.07, 6.45) is 6.37. The van der Waals surface area contributed by atoms with Crippen LogP contribution in [0.2, 0.25) is 5.02 Å². The predicted octanol–water partition coefficient (Wildman–Crippen LogP) is 3.42. The van der Waals surface area contributed by atoms with Crippen LogP contribution in [0.1, 0.15) is 45.4 Å².